The van der Waals surface area contributed by atoms with Gasteiger partial charge in [-0.15, -0.1) is 0 Å². The largest absolute Gasteiger partial charge is 0.496 e. The van der Waals surface area contributed by atoms with E-state index in [2.05, 4.69) is 15.9 Å². The van der Waals surface area contributed by atoms with Crippen LogP contribution >= 0.6 is 15.9 Å². The van der Waals surface area contributed by atoms with Crippen molar-refractivity contribution in [3.63, 3.8) is 0 Å². The maximum absolute atomic E-state index is 12.2. The molecule has 0 amide bonds. The average molecular weight is 319 g/mol. The van der Waals surface area contributed by atoms with Crippen molar-refractivity contribution in [2.24, 2.45) is 0 Å². The zero-order chi connectivity index (χ0) is 13.8. The summed E-state index contributed by atoms with van der Waals surface area (Å²) in [4.78, 5) is 24.4. The predicted molar refractivity (Wildman–Crippen MR) is 75.8 cm³/mol. The molecular formula is C15H11BrO3. The van der Waals surface area contributed by atoms with Gasteiger partial charge < -0.3 is 4.74 Å². The van der Waals surface area contributed by atoms with Crippen LogP contribution in [0.5, 0.6) is 5.75 Å². The highest BCUT2D eigenvalue weighted by Gasteiger charge is 2.22. The fourth-order valence-electron chi connectivity index (χ4n) is 1.72. The number of para-hydroxylation sites is 1. The molecule has 3 nitrogen and oxygen atoms in total. The summed E-state index contributed by atoms with van der Waals surface area (Å²) in [6, 6.07) is 13.5. The van der Waals surface area contributed by atoms with Crippen molar-refractivity contribution in [3.8, 4) is 5.75 Å². The zero-order valence-electron chi connectivity index (χ0n) is 10.2. The van der Waals surface area contributed by atoms with Gasteiger partial charge >= 0.3 is 0 Å². The summed E-state index contributed by atoms with van der Waals surface area (Å²) in [6.07, 6.45) is 0. The van der Waals surface area contributed by atoms with Gasteiger partial charge in [0.1, 0.15) is 5.75 Å². The Labute approximate surface area is 119 Å². The molecule has 0 heterocycles. The monoisotopic (exact) mass is 318 g/mol. The summed E-state index contributed by atoms with van der Waals surface area (Å²) in [5.41, 5.74) is 0.615. The summed E-state index contributed by atoms with van der Waals surface area (Å²) in [5.74, 6) is -0.741. The number of ketones is 2. The molecule has 0 aliphatic rings. The highest BCUT2D eigenvalue weighted by atomic mass is 79.9. The summed E-state index contributed by atoms with van der Waals surface area (Å²) in [7, 11) is 1.47. The molecule has 0 unspecified atom stereocenters. The Balaban J connectivity index is 2.40. The van der Waals surface area contributed by atoms with Crippen LogP contribution in [-0.2, 0) is 0 Å². The van der Waals surface area contributed by atoms with E-state index in [4.69, 9.17) is 4.74 Å². The van der Waals surface area contributed by atoms with Crippen LogP contribution in [-0.4, -0.2) is 18.7 Å². The number of methoxy groups -OCH3 is 1. The molecule has 0 aliphatic carbocycles. The number of hydrogen-bond donors (Lipinski definition) is 0. The zero-order valence-corrected chi connectivity index (χ0v) is 11.8. The van der Waals surface area contributed by atoms with E-state index in [1.807, 2.05) is 0 Å². The Hall–Kier alpha value is -1.94. The van der Waals surface area contributed by atoms with Crippen molar-refractivity contribution in [2.45, 2.75) is 0 Å². The standard InChI is InChI=1S/C15H11BrO3/c1-19-13-9-5-3-7-11(13)15(18)14(17)10-6-2-4-8-12(10)16/h2-9H,1H3. The Morgan fingerprint density at radius 3 is 2.05 bits per heavy atom. The first kappa shape index (κ1) is 13.5. The van der Waals surface area contributed by atoms with Crippen molar-refractivity contribution in [1.82, 2.24) is 0 Å². The van der Waals surface area contributed by atoms with Gasteiger partial charge in [-0.2, -0.15) is 0 Å². The molecule has 2 aromatic rings. The second-order valence-electron chi connectivity index (χ2n) is 3.84. The maximum atomic E-state index is 12.2. The molecule has 0 spiro atoms. The molecule has 2 aromatic carbocycles. The summed E-state index contributed by atoms with van der Waals surface area (Å²) >= 11 is 3.27. The third-order valence-corrected chi connectivity index (χ3v) is 3.37. The van der Waals surface area contributed by atoms with E-state index < -0.39 is 11.6 Å². The molecule has 0 N–H and O–H groups in total. The second kappa shape index (κ2) is 5.80. The number of benzene rings is 2. The van der Waals surface area contributed by atoms with Gasteiger partial charge in [-0.05, 0) is 24.3 Å². The Morgan fingerprint density at radius 2 is 1.42 bits per heavy atom. The highest BCUT2D eigenvalue weighted by molar-refractivity contribution is 9.10. The molecule has 96 valence electrons. The summed E-state index contributed by atoms with van der Waals surface area (Å²) in [6.45, 7) is 0. The van der Waals surface area contributed by atoms with Gasteiger partial charge in [-0.3, -0.25) is 9.59 Å². The number of Topliss-reactive ketones (excluding diaryl/α,β-unsaturated/α-hetero) is 2. The molecule has 0 bridgehead atoms. The molecule has 4 heteroatoms. The molecule has 19 heavy (non-hydrogen) atoms. The van der Waals surface area contributed by atoms with Crippen molar-refractivity contribution < 1.29 is 14.3 Å². The number of carbonyl (C=O) groups excluding carboxylic acids is 2. The SMILES string of the molecule is COc1ccccc1C(=O)C(=O)c1ccccc1Br. The van der Waals surface area contributed by atoms with Gasteiger partial charge in [0.2, 0.25) is 11.6 Å². The van der Waals surface area contributed by atoms with E-state index in [-0.39, 0.29) is 5.56 Å². The lowest BCUT2D eigenvalue weighted by molar-refractivity contribution is 0.0814. The molecule has 2 rings (SSSR count). The van der Waals surface area contributed by atoms with Crippen LogP contribution in [0.15, 0.2) is 53.0 Å². The number of ether oxygens (including phenoxy) is 1. The van der Waals surface area contributed by atoms with E-state index in [9.17, 15) is 9.59 Å². The average Bonchev–Trinajstić information content (AvgIpc) is 2.46. The molecule has 0 atom stereocenters. The van der Waals surface area contributed by atoms with Crippen LogP contribution < -0.4 is 4.74 Å². The van der Waals surface area contributed by atoms with Gasteiger partial charge in [-0.1, -0.05) is 40.2 Å². The number of hydrogen-bond acceptors (Lipinski definition) is 3. The number of rotatable bonds is 4. The normalized spacial score (nSPS) is 10.0. The van der Waals surface area contributed by atoms with E-state index in [1.165, 1.54) is 7.11 Å². The number of halogens is 1. The molecule has 0 aliphatic heterocycles. The molecule has 0 fully saturated rings. The third-order valence-electron chi connectivity index (χ3n) is 2.68. The predicted octanol–water partition coefficient (Wildman–Crippen LogP) is 3.52. The lowest BCUT2D eigenvalue weighted by Crippen LogP contribution is -2.15. The summed E-state index contributed by atoms with van der Waals surface area (Å²) < 4.78 is 5.70. The summed E-state index contributed by atoms with van der Waals surface area (Å²) in [5, 5.41) is 0. The van der Waals surface area contributed by atoms with Gasteiger partial charge in [0.05, 0.1) is 12.7 Å². The van der Waals surface area contributed by atoms with Crippen molar-refractivity contribution in [1.29, 1.82) is 0 Å². The first-order valence-electron chi connectivity index (χ1n) is 5.61. The van der Waals surface area contributed by atoms with E-state index in [0.717, 1.165) is 0 Å². The highest BCUT2D eigenvalue weighted by Crippen LogP contribution is 2.22. The van der Waals surface area contributed by atoms with E-state index >= 15 is 0 Å². The quantitative estimate of drug-likeness (QED) is 0.640. The maximum Gasteiger partial charge on any atom is 0.237 e. The van der Waals surface area contributed by atoms with Gasteiger partial charge in [0, 0.05) is 10.0 Å². The van der Waals surface area contributed by atoms with Crippen LogP contribution in [0, 0.1) is 0 Å². The second-order valence-corrected chi connectivity index (χ2v) is 4.69. The molecular weight excluding hydrogens is 308 g/mol. The molecule has 0 radical (unpaired) electrons. The van der Waals surface area contributed by atoms with Crippen molar-refractivity contribution in [3.05, 3.63) is 64.1 Å². The van der Waals surface area contributed by atoms with Crippen LogP contribution in [0.4, 0.5) is 0 Å². The molecule has 0 aromatic heterocycles. The lowest BCUT2D eigenvalue weighted by atomic mass is 10.0. The van der Waals surface area contributed by atoms with Crippen LogP contribution in [0.1, 0.15) is 20.7 Å². The van der Waals surface area contributed by atoms with E-state index in [1.54, 1.807) is 48.5 Å². The molecule has 0 saturated heterocycles. The lowest BCUT2D eigenvalue weighted by Gasteiger charge is -2.07. The van der Waals surface area contributed by atoms with Crippen LogP contribution in [0.2, 0.25) is 0 Å². The fraction of sp³-hybridized carbons (Fsp3) is 0.0667. The van der Waals surface area contributed by atoms with Crippen molar-refractivity contribution in [2.75, 3.05) is 7.11 Å². The Kier molecular flexibility index (Phi) is 4.12. The third kappa shape index (κ3) is 2.74. The van der Waals surface area contributed by atoms with Crippen molar-refractivity contribution >= 4 is 27.5 Å². The smallest absolute Gasteiger partial charge is 0.237 e. The van der Waals surface area contributed by atoms with Gasteiger partial charge in [0.25, 0.3) is 0 Å². The Morgan fingerprint density at radius 1 is 0.895 bits per heavy atom. The van der Waals surface area contributed by atoms with Crippen LogP contribution in [0.3, 0.4) is 0 Å². The fourth-order valence-corrected chi connectivity index (χ4v) is 2.19. The minimum absolute atomic E-state index is 0.269. The van der Waals surface area contributed by atoms with Crippen LogP contribution in [0.25, 0.3) is 0 Å². The minimum Gasteiger partial charge on any atom is -0.496 e. The van der Waals surface area contributed by atoms with E-state index in [0.29, 0.717) is 15.8 Å². The first-order valence-corrected chi connectivity index (χ1v) is 6.41. The Bertz CT molecular complexity index is 635. The number of carbonyl (C=O) groups is 2. The van der Waals surface area contributed by atoms with Gasteiger partial charge in [0.15, 0.2) is 0 Å². The minimum atomic E-state index is -0.579. The topological polar surface area (TPSA) is 43.4 Å². The first-order chi connectivity index (χ1) is 9.15. The molecule has 0 saturated carbocycles. The van der Waals surface area contributed by atoms with Gasteiger partial charge in [-0.25, -0.2) is 0 Å².